The van der Waals surface area contributed by atoms with E-state index >= 15 is 0 Å². The van der Waals surface area contributed by atoms with Gasteiger partial charge in [0.15, 0.2) is 0 Å². The third-order valence-corrected chi connectivity index (χ3v) is 2.70. The van der Waals surface area contributed by atoms with Gasteiger partial charge in [-0.1, -0.05) is 0 Å². The number of hydrogen-bond donors (Lipinski definition) is 1. The van der Waals surface area contributed by atoms with Crippen LogP contribution in [0.1, 0.15) is 5.56 Å². The Kier molecular flexibility index (Phi) is 3.67. The van der Waals surface area contributed by atoms with Crippen molar-refractivity contribution in [1.82, 2.24) is 0 Å². The minimum Gasteiger partial charge on any atom is -0.378 e. The SMILES string of the molecule is CN(C)c1ccc(Nc2cc(F)cc(C#N)c2)cc1. The van der Waals surface area contributed by atoms with Crippen LogP contribution in [0.4, 0.5) is 21.5 Å². The third kappa shape index (κ3) is 3.23. The first-order valence-corrected chi connectivity index (χ1v) is 5.83. The van der Waals surface area contributed by atoms with Crippen LogP contribution < -0.4 is 10.2 Å². The lowest BCUT2D eigenvalue weighted by Crippen LogP contribution is -2.08. The quantitative estimate of drug-likeness (QED) is 0.912. The van der Waals surface area contributed by atoms with Crippen LogP contribution in [0.5, 0.6) is 0 Å². The van der Waals surface area contributed by atoms with Gasteiger partial charge in [0, 0.05) is 31.2 Å². The Morgan fingerprint density at radius 3 is 2.32 bits per heavy atom. The van der Waals surface area contributed by atoms with Gasteiger partial charge in [-0.2, -0.15) is 5.26 Å². The fraction of sp³-hybridized carbons (Fsp3) is 0.133. The van der Waals surface area contributed by atoms with E-state index in [0.29, 0.717) is 11.3 Å². The molecule has 0 saturated heterocycles. The minimum absolute atomic E-state index is 0.299. The molecule has 0 fully saturated rings. The van der Waals surface area contributed by atoms with Crippen LogP contribution in [-0.2, 0) is 0 Å². The van der Waals surface area contributed by atoms with Crippen LogP contribution >= 0.6 is 0 Å². The molecule has 0 spiro atoms. The molecule has 0 atom stereocenters. The average molecular weight is 255 g/mol. The maximum absolute atomic E-state index is 13.3. The zero-order chi connectivity index (χ0) is 13.8. The number of rotatable bonds is 3. The van der Waals surface area contributed by atoms with Crippen molar-refractivity contribution in [3.05, 3.63) is 53.8 Å². The minimum atomic E-state index is -0.425. The fourth-order valence-corrected chi connectivity index (χ4v) is 1.74. The van der Waals surface area contributed by atoms with E-state index < -0.39 is 5.82 Å². The molecule has 0 aliphatic rings. The van der Waals surface area contributed by atoms with Gasteiger partial charge in [-0.3, -0.25) is 0 Å². The first kappa shape index (κ1) is 12.9. The lowest BCUT2D eigenvalue weighted by atomic mass is 10.2. The van der Waals surface area contributed by atoms with E-state index in [-0.39, 0.29) is 0 Å². The summed E-state index contributed by atoms with van der Waals surface area (Å²) in [6.45, 7) is 0. The standard InChI is InChI=1S/C15H14FN3/c1-19(2)15-5-3-13(4-6-15)18-14-8-11(10-17)7-12(16)9-14/h3-9,18H,1-2H3. The molecule has 96 valence electrons. The van der Waals surface area contributed by atoms with Crippen molar-refractivity contribution in [3.8, 4) is 6.07 Å². The number of halogens is 1. The number of anilines is 3. The first-order valence-electron chi connectivity index (χ1n) is 5.83. The highest BCUT2D eigenvalue weighted by Gasteiger charge is 2.01. The Labute approximate surface area is 111 Å². The molecule has 0 aliphatic carbocycles. The predicted octanol–water partition coefficient (Wildman–Crippen LogP) is 3.51. The summed E-state index contributed by atoms with van der Waals surface area (Å²) in [4.78, 5) is 2.00. The Morgan fingerprint density at radius 2 is 1.74 bits per heavy atom. The highest BCUT2D eigenvalue weighted by molar-refractivity contribution is 5.64. The van der Waals surface area contributed by atoms with E-state index in [4.69, 9.17) is 5.26 Å². The molecule has 1 N–H and O–H groups in total. The third-order valence-electron chi connectivity index (χ3n) is 2.70. The molecule has 0 bridgehead atoms. The lowest BCUT2D eigenvalue weighted by Gasteiger charge is -2.13. The van der Waals surface area contributed by atoms with Crippen molar-refractivity contribution < 1.29 is 4.39 Å². The number of hydrogen-bond acceptors (Lipinski definition) is 3. The van der Waals surface area contributed by atoms with E-state index in [2.05, 4.69) is 5.32 Å². The number of benzene rings is 2. The molecule has 2 aromatic rings. The summed E-state index contributed by atoms with van der Waals surface area (Å²) in [6, 6.07) is 13.9. The van der Waals surface area contributed by atoms with Crippen molar-refractivity contribution in [3.63, 3.8) is 0 Å². The van der Waals surface area contributed by atoms with E-state index in [1.54, 1.807) is 6.07 Å². The molecule has 0 heterocycles. The molecule has 0 radical (unpaired) electrons. The summed E-state index contributed by atoms with van der Waals surface area (Å²) in [6.07, 6.45) is 0. The van der Waals surface area contributed by atoms with Gasteiger partial charge < -0.3 is 10.2 Å². The maximum Gasteiger partial charge on any atom is 0.126 e. The molecule has 0 unspecified atom stereocenters. The van der Waals surface area contributed by atoms with Crippen LogP contribution in [0.15, 0.2) is 42.5 Å². The molecule has 19 heavy (non-hydrogen) atoms. The molecule has 2 aromatic carbocycles. The molecule has 0 saturated carbocycles. The summed E-state index contributed by atoms with van der Waals surface area (Å²) in [5, 5.41) is 11.9. The van der Waals surface area contributed by atoms with Crippen LogP contribution in [0.3, 0.4) is 0 Å². The van der Waals surface area contributed by atoms with Crippen LogP contribution in [0.25, 0.3) is 0 Å². The second-order valence-corrected chi connectivity index (χ2v) is 4.41. The van der Waals surface area contributed by atoms with Crippen molar-refractivity contribution in [2.75, 3.05) is 24.3 Å². The Hall–Kier alpha value is -2.54. The number of nitrogens with zero attached hydrogens (tertiary/aromatic N) is 2. The Morgan fingerprint density at radius 1 is 1.05 bits per heavy atom. The molecule has 3 nitrogen and oxygen atoms in total. The predicted molar refractivity (Wildman–Crippen MR) is 75.2 cm³/mol. The van der Waals surface area contributed by atoms with Crippen LogP contribution in [0, 0.1) is 17.1 Å². The van der Waals surface area contributed by atoms with E-state index in [1.165, 1.54) is 12.1 Å². The van der Waals surface area contributed by atoms with E-state index in [9.17, 15) is 4.39 Å². The van der Waals surface area contributed by atoms with Gasteiger partial charge in [-0.25, -0.2) is 4.39 Å². The van der Waals surface area contributed by atoms with Gasteiger partial charge in [0.2, 0.25) is 0 Å². The topological polar surface area (TPSA) is 39.1 Å². The smallest absolute Gasteiger partial charge is 0.126 e. The Balaban J connectivity index is 2.21. The summed E-state index contributed by atoms with van der Waals surface area (Å²) in [5.74, 6) is -0.425. The molecule has 2 rings (SSSR count). The Bertz CT molecular complexity index is 612. The van der Waals surface area contributed by atoms with Gasteiger partial charge in [0.1, 0.15) is 5.82 Å². The van der Waals surface area contributed by atoms with E-state index in [0.717, 1.165) is 11.4 Å². The van der Waals surface area contributed by atoms with Gasteiger partial charge in [0.25, 0.3) is 0 Å². The van der Waals surface area contributed by atoms with Crippen molar-refractivity contribution in [2.45, 2.75) is 0 Å². The molecule has 0 amide bonds. The van der Waals surface area contributed by atoms with Crippen molar-refractivity contribution in [1.29, 1.82) is 5.26 Å². The second kappa shape index (κ2) is 5.40. The molecular formula is C15H14FN3. The summed E-state index contributed by atoms with van der Waals surface area (Å²) in [7, 11) is 3.93. The zero-order valence-electron chi connectivity index (χ0n) is 10.8. The van der Waals surface area contributed by atoms with Gasteiger partial charge in [0.05, 0.1) is 11.6 Å². The van der Waals surface area contributed by atoms with Crippen LogP contribution in [-0.4, -0.2) is 14.1 Å². The monoisotopic (exact) mass is 255 g/mol. The highest BCUT2D eigenvalue weighted by Crippen LogP contribution is 2.21. The van der Waals surface area contributed by atoms with E-state index in [1.807, 2.05) is 49.3 Å². The zero-order valence-corrected chi connectivity index (χ0v) is 10.8. The molecular weight excluding hydrogens is 241 g/mol. The summed E-state index contributed by atoms with van der Waals surface area (Å²) >= 11 is 0. The van der Waals surface area contributed by atoms with Crippen molar-refractivity contribution >= 4 is 17.1 Å². The summed E-state index contributed by atoms with van der Waals surface area (Å²) in [5.41, 5.74) is 2.80. The average Bonchev–Trinajstić information content (AvgIpc) is 2.38. The maximum atomic E-state index is 13.3. The highest BCUT2D eigenvalue weighted by atomic mass is 19.1. The first-order chi connectivity index (χ1) is 9.08. The van der Waals surface area contributed by atoms with Crippen LogP contribution in [0.2, 0.25) is 0 Å². The fourth-order valence-electron chi connectivity index (χ4n) is 1.74. The normalized spacial score (nSPS) is 9.79. The van der Waals surface area contributed by atoms with Gasteiger partial charge in [-0.05, 0) is 42.5 Å². The number of nitriles is 1. The molecule has 0 aromatic heterocycles. The largest absolute Gasteiger partial charge is 0.378 e. The number of nitrogens with one attached hydrogen (secondary N) is 1. The molecule has 0 aliphatic heterocycles. The van der Waals surface area contributed by atoms with Gasteiger partial charge >= 0.3 is 0 Å². The van der Waals surface area contributed by atoms with Crippen molar-refractivity contribution in [2.24, 2.45) is 0 Å². The summed E-state index contributed by atoms with van der Waals surface area (Å²) < 4.78 is 13.3. The van der Waals surface area contributed by atoms with Gasteiger partial charge in [-0.15, -0.1) is 0 Å². The second-order valence-electron chi connectivity index (χ2n) is 4.41. The lowest BCUT2D eigenvalue weighted by molar-refractivity contribution is 0.628. The molecule has 4 heteroatoms.